The lowest BCUT2D eigenvalue weighted by Gasteiger charge is -2.58. The molecule has 0 radical (unpaired) electrons. The molecule has 40 heavy (non-hydrogen) atoms. The minimum atomic E-state index is -1.01. The van der Waals surface area contributed by atoms with Crippen LogP contribution in [0.25, 0.3) is 0 Å². The van der Waals surface area contributed by atoms with Crippen LogP contribution in [0.5, 0.6) is 0 Å². The molecule has 0 aromatic heterocycles. The molecule has 222 valence electrons. The fourth-order valence-electron chi connectivity index (χ4n) is 10.2. The maximum absolute atomic E-state index is 13.0. The third kappa shape index (κ3) is 4.90. The van der Waals surface area contributed by atoms with Gasteiger partial charge in [0, 0.05) is 32.0 Å². The molecule has 6 nitrogen and oxygen atoms in total. The molecule has 5 aliphatic rings. The van der Waals surface area contributed by atoms with Crippen LogP contribution in [0, 0.1) is 40.4 Å². The van der Waals surface area contributed by atoms with Crippen LogP contribution < -0.4 is 0 Å². The van der Waals surface area contributed by atoms with Gasteiger partial charge in [-0.3, -0.25) is 14.4 Å². The van der Waals surface area contributed by atoms with Gasteiger partial charge in [0.1, 0.15) is 6.10 Å². The molecule has 4 aliphatic carbocycles. The van der Waals surface area contributed by atoms with Crippen molar-refractivity contribution in [1.29, 1.82) is 0 Å². The number of hydrogen-bond donors (Lipinski definition) is 0. The van der Waals surface area contributed by atoms with E-state index in [0.717, 1.165) is 51.7 Å². The van der Waals surface area contributed by atoms with Crippen molar-refractivity contribution in [2.75, 3.05) is 19.6 Å². The van der Waals surface area contributed by atoms with E-state index in [9.17, 15) is 14.4 Å². The standard InChI is InChI=1S/C34H51NO5/c1-21-16-22(2)20-35(19-21)15-11-31(38)39-26-8-12-32(6)28-9-13-33(7)29(27(28)17-23(3)30(32)18-26)10-14-34(33,24(4)36)40-25(5)37/h17-18,21-22,26-29H,8-16,19-20H2,1-7H3/t21-,22-,26+,27+,28+,29+,32+,33-,34-/m0/s1. The Bertz CT molecular complexity index is 1100. The molecule has 0 spiro atoms. The topological polar surface area (TPSA) is 72.9 Å². The van der Waals surface area contributed by atoms with Crippen LogP contribution in [0.2, 0.25) is 0 Å². The first kappa shape index (κ1) is 29.5. The monoisotopic (exact) mass is 553 g/mol. The first-order valence-corrected chi connectivity index (χ1v) is 15.8. The number of esters is 2. The van der Waals surface area contributed by atoms with E-state index >= 15 is 0 Å². The van der Waals surface area contributed by atoms with Crippen LogP contribution in [0.15, 0.2) is 23.3 Å². The lowest BCUT2D eigenvalue weighted by Crippen LogP contribution is -2.58. The molecule has 0 unspecified atom stereocenters. The summed E-state index contributed by atoms with van der Waals surface area (Å²) in [6, 6.07) is 0. The highest BCUT2D eigenvalue weighted by Crippen LogP contribution is 2.68. The van der Waals surface area contributed by atoms with Gasteiger partial charge < -0.3 is 14.4 Å². The van der Waals surface area contributed by atoms with Crippen molar-refractivity contribution < 1.29 is 23.9 Å². The van der Waals surface area contributed by atoms with Crippen molar-refractivity contribution in [2.45, 2.75) is 112 Å². The van der Waals surface area contributed by atoms with E-state index in [4.69, 9.17) is 9.47 Å². The summed E-state index contributed by atoms with van der Waals surface area (Å²) >= 11 is 0. The van der Waals surface area contributed by atoms with Gasteiger partial charge in [0.2, 0.25) is 0 Å². The normalized spacial score (nSPS) is 43.0. The Labute approximate surface area is 241 Å². The minimum Gasteiger partial charge on any atom is -0.458 e. The number of nitrogens with zero attached hydrogens (tertiary/aromatic N) is 1. The lowest BCUT2D eigenvalue weighted by molar-refractivity contribution is -0.185. The van der Waals surface area contributed by atoms with E-state index in [-0.39, 0.29) is 34.7 Å². The largest absolute Gasteiger partial charge is 0.458 e. The molecule has 0 aromatic rings. The van der Waals surface area contributed by atoms with Crippen LogP contribution in [0.4, 0.5) is 0 Å². The second-order valence-corrected chi connectivity index (χ2v) is 14.6. The summed E-state index contributed by atoms with van der Waals surface area (Å²) in [7, 11) is 0. The molecule has 9 atom stereocenters. The molecule has 1 saturated heterocycles. The summed E-state index contributed by atoms with van der Waals surface area (Å²) in [5.41, 5.74) is 1.28. The zero-order chi connectivity index (χ0) is 29.0. The van der Waals surface area contributed by atoms with Gasteiger partial charge >= 0.3 is 11.9 Å². The van der Waals surface area contributed by atoms with Crippen LogP contribution in [-0.2, 0) is 23.9 Å². The second-order valence-electron chi connectivity index (χ2n) is 14.6. The predicted octanol–water partition coefficient (Wildman–Crippen LogP) is 6.29. The third-order valence-corrected chi connectivity index (χ3v) is 11.8. The Morgan fingerprint density at radius 2 is 1.62 bits per heavy atom. The number of Topliss-reactive ketones (excluding diaryl/α,β-unsaturated/α-hetero) is 1. The molecule has 2 saturated carbocycles. The molecule has 6 heteroatoms. The maximum atomic E-state index is 13.0. The van der Waals surface area contributed by atoms with E-state index in [2.05, 4.69) is 51.7 Å². The number of ketones is 1. The number of ether oxygens (including phenoxy) is 2. The Hall–Kier alpha value is -1.95. The van der Waals surface area contributed by atoms with E-state index in [1.165, 1.54) is 24.5 Å². The highest BCUT2D eigenvalue weighted by molar-refractivity contribution is 5.89. The number of allylic oxidation sites excluding steroid dienone is 3. The Morgan fingerprint density at radius 1 is 0.950 bits per heavy atom. The van der Waals surface area contributed by atoms with Crippen LogP contribution in [0.1, 0.15) is 99.8 Å². The fraction of sp³-hybridized carbons (Fsp3) is 0.794. The lowest BCUT2D eigenvalue weighted by atomic mass is 9.47. The summed E-state index contributed by atoms with van der Waals surface area (Å²) in [5, 5.41) is 0. The van der Waals surface area contributed by atoms with Crippen LogP contribution in [0.3, 0.4) is 0 Å². The molecular weight excluding hydrogens is 502 g/mol. The summed E-state index contributed by atoms with van der Waals surface area (Å²) < 4.78 is 12.0. The van der Waals surface area contributed by atoms with E-state index in [0.29, 0.717) is 42.4 Å². The summed E-state index contributed by atoms with van der Waals surface area (Å²) in [6.45, 7) is 17.4. The van der Waals surface area contributed by atoms with Gasteiger partial charge in [-0.25, -0.2) is 0 Å². The van der Waals surface area contributed by atoms with Crippen LogP contribution >= 0.6 is 0 Å². The van der Waals surface area contributed by atoms with Gasteiger partial charge in [0.25, 0.3) is 0 Å². The van der Waals surface area contributed by atoms with Gasteiger partial charge in [0.05, 0.1) is 6.42 Å². The molecule has 3 fully saturated rings. The molecule has 0 amide bonds. The number of carbonyl (C=O) groups is 3. The Balaban J connectivity index is 1.31. The minimum absolute atomic E-state index is 0.0129. The maximum Gasteiger partial charge on any atom is 0.307 e. The summed E-state index contributed by atoms with van der Waals surface area (Å²) in [4.78, 5) is 40.4. The number of likely N-dealkylation sites (tertiary alicyclic amines) is 1. The van der Waals surface area contributed by atoms with Gasteiger partial charge in [-0.15, -0.1) is 0 Å². The van der Waals surface area contributed by atoms with Crippen molar-refractivity contribution >= 4 is 17.7 Å². The molecule has 0 N–H and O–H groups in total. The van der Waals surface area contributed by atoms with Crippen molar-refractivity contribution in [2.24, 2.45) is 40.4 Å². The number of carbonyl (C=O) groups excluding carboxylic acids is 3. The first-order chi connectivity index (χ1) is 18.8. The highest BCUT2D eigenvalue weighted by Gasteiger charge is 2.67. The average molecular weight is 554 g/mol. The number of rotatable bonds is 6. The fourth-order valence-corrected chi connectivity index (χ4v) is 10.2. The molecule has 5 rings (SSSR count). The van der Waals surface area contributed by atoms with Gasteiger partial charge in [-0.05, 0) is 105 Å². The van der Waals surface area contributed by atoms with E-state index in [1.807, 2.05) is 0 Å². The average Bonchev–Trinajstić information content (AvgIpc) is 3.16. The summed E-state index contributed by atoms with van der Waals surface area (Å²) in [6.07, 6.45) is 11.5. The SMILES string of the molecule is CC(=O)O[C@]1(C(C)=O)CC[C@@H]2[C@@H]3C=C(C)C4=C[C@H](OC(=O)CCN5C[C@@H](C)C[C@H](C)C5)CC[C@]4(C)[C@@H]3CC[C@@]21C. The molecule has 1 heterocycles. The Morgan fingerprint density at radius 3 is 2.27 bits per heavy atom. The molecular formula is C34H51NO5. The van der Waals surface area contributed by atoms with Crippen molar-refractivity contribution in [3.63, 3.8) is 0 Å². The van der Waals surface area contributed by atoms with Gasteiger partial charge in [0.15, 0.2) is 11.4 Å². The van der Waals surface area contributed by atoms with Crippen molar-refractivity contribution in [3.8, 4) is 0 Å². The number of fused-ring (bicyclic) bond motifs is 5. The first-order valence-electron chi connectivity index (χ1n) is 15.8. The van der Waals surface area contributed by atoms with Crippen molar-refractivity contribution in [3.05, 3.63) is 23.3 Å². The predicted molar refractivity (Wildman–Crippen MR) is 155 cm³/mol. The molecule has 1 aliphatic heterocycles. The smallest absolute Gasteiger partial charge is 0.307 e. The number of hydrogen-bond acceptors (Lipinski definition) is 6. The zero-order valence-corrected chi connectivity index (χ0v) is 25.9. The van der Waals surface area contributed by atoms with E-state index < -0.39 is 5.60 Å². The molecule has 0 bridgehead atoms. The van der Waals surface area contributed by atoms with Crippen molar-refractivity contribution in [1.82, 2.24) is 4.90 Å². The Kier molecular flexibility index (Phi) is 7.91. The van der Waals surface area contributed by atoms with E-state index in [1.54, 1.807) is 6.92 Å². The third-order valence-electron chi connectivity index (χ3n) is 11.8. The number of piperidine rings is 1. The second kappa shape index (κ2) is 10.7. The summed E-state index contributed by atoms with van der Waals surface area (Å²) in [5.74, 6) is 2.04. The van der Waals surface area contributed by atoms with Gasteiger partial charge in [-0.2, -0.15) is 0 Å². The molecule has 0 aromatic carbocycles. The van der Waals surface area contributed by atoms with Crippen LogP contribution in [-0.4, -0.2) is 54.0 Å². The highest BCUT2D eigenvalue weighted by atomic mass is 16.6. The quantitative estimate of drug-likeness (QED) is 0.360. The zero-order valence-electron chi connectivity index (χ0n) is 25.9. The van der Waals surface area contributed by atoms with Gasteiger partial charge in [-0.1, -0.05) is 39.3 Å².